The molecule has 1 aromatic heterocycles. The first-order valence-corrected chi connectivity index (χ1v) is 9.10. The Labute approximate surface area is 158 Å². The summed E-state index contributed by atoms with van der Waals surface area (Å²) in [4.78, 5) is 27.6. The minimum atomic E-state index is -0.627. The summed E-state index contributed by atoms with van der Waals surface area (Å²) >= 11 is 0. The molecule has 0 aliphatic carbocycles. The van der Waals surface area contributed by atoms with Crippen molar-refractivity contribution < 1.29 is 9.21 Å². The lowest BCUT2D eigenvalue weighted by Crippen LogP contribution is -2.21. The predicted molar refractivity (Wildman–Crippen MR) is 110 cm³/mol. The van der Waals surface area contributed by atoms with Gasteiger partial charge in [0.05, 0.1) is 0 Å². The highest BCUT2D eigenvalue weighted by Crippen LogP contribution is 2.25. The molecule has 1 heterocycles. The molecule has 2 N–H and O–H groups in total. The van der Waals surface area contributed by atoms with E-state index in [-0.39, 0.29) is 11.3 Å². The SMILES string of the molecule is CCN(CC)c1ccc2cc(C(=O)c3ccc(N)c(C)c3C)c(=O)oc2c1. The Morgan fingerprint density at radius 3 is 2.37 bits per heavy atom. The van der Waals surface area contributed by atoms with Crippen LogP contribution in [0.15, 0.2) is 45.6 Å². The van der Waals surface area contributed by atoms with Crippen molar-refractivity contribution >= 4 is 28.1 Å². The second-order valence-electron chi connectivity index (χ2n) is 6.62. The fraction of sp³-hybridized carbons (Fsp3) is 0.273. The van der Waals surface area contributed by atoms with Gasteiger partial charge in [0.15, 0.2) is 0 Å². The lowest BCUT2D eigenvalue weighted by Gasteiger charge is -2.21. The third kappa shape index (κ3) is 3.33. The summed E-state index contributed by atoms with van der Waals surface area (Å²) in [7, 11) is 0. The van der Waals surface area contributed by atoms with Crippen LogP contribution in [0.1, 0.15) is 40.9 Å². The maximum atomic E-state index is 13.0. The highest BCUT2D eigenvalue weighted by Gasteiger charge is 2.19. The molecule has 0 fully saturated rings. The molecule has 0 saturated heterocycles. The summed E-state index contributed by atoms with van der Waals surface area (Å²) < 4.78 is 5.48. The molecule has 0 unspecified atom stereocenters. The Hall–Kier alpha value is -3.08. The van der Waals surface area contributed by atoms with E-state index in [1.54, 1.807) is 18.2 Å². The van der Waals surface area contributed by atoms with Crippen molar-refractivity contribution in [3.05, 3.63) is 69.1 Å². The molecule has 0 spiro atoms. The molecule has 0 aliphatic rings. The van der Waals surface area contributed by atoms with E-state index in [4.69, 9.17) is 10.2 Å². The van der Waals surface area contributed by atoms with Crippen LogP contribution in [0.25, 0.3) is 11.0 Å². The molecule has 0 saturated carbocycles. The van der Waals surface area contributed by atoms with Gasteiger partial charge in [-0.2, -0.15) is 0 Å². The molecule has 0 radical (unpaired) electrons. The van der Waals surface area contributed by atoms with Crippen LogP contribution in [0.2, 0.25) is 0 Å². The maximum Gasteiger partial charge on any atom is 0.347 e. The number of nitrogens with two attached hydrogens (primary N) is 1. The summed E-state index contributed by atoms with van der Waals surface area (Å²) in [6, 6.07) is 10.7. The molecule has 3 rings (SSSR count). The quantitative estimate of drug-likeness (QED) is 0.419. The van der Waals surface area contributed by atoms with Gasteiger partial charge in [0, 0.05) is 41.5 Å². The van der Waals surface area contributed by atoms with Crippen molar-refractivity contribution in [2.45, 2.75) is 27.7 Å². The largest absolute Gasteiger partial charge is 0.422 e. The van der Waals surface area contributed by atoms with Gasteiger partial charge >= 0.3 is 5.63 Å². The van der Waals surface area contributed by atoms with Crippen molar-refractivity contribution in [1.82, 2.24) is 0 Å². The van der Waals surface area contributed by atoms with E-state index in [0.29, 0.717) is 16.8 Å². The zero-order valence-electron chi connectivity index (χ0n) is 16.1. The van der Waals surface area contributed by atoms with Gasteiger partial charge in [-0.05, 0) is 69.2 Å². The van der Waals surface area contributed by atoms with E-state index in [0.717, 1.165) is 35.3 Å². The summed E-state index contributed by atoms with van der Waals surface area (Å²) in [6.45, 7) is 9.55. The van der Waals surface area contributed by atoms with Gasteiger partial charge in [-0.3, -0.25) is 4.79 Å². The number of hydrogen-bond acceptors (Lipinski definition) is 5. The number of rotatable bonds is 5. The molecule has 0 aliphatic heterocycles. The third-order valence-corrected chi connectivity index (χ3v) is 5.17. The highest BCUT2D eigenvalue weighted by atomic mass is 16.4. The Morgan fingerprint density at radius 2 is 1.70 bits per heavy atom. The van der Waals surface area contributed by atoms with Gasteiger partial charge in [-0.15, -0.1) is 0 Å². The number of anilines is 2. The van der Waals surface area contributed by atoms with Crippen molar-refractivity contribution in [2.24, 2.45) is 0 Å². The van der Waals surface area contributed by atoms with Crippen molar-refractivity contribution in [3.63, 3.8) is 0 Å². The summed E-state index contributed by atoms with van der Waals surface area (Å²) in [5, 5.41) is 0.721. The standard InChI is InChI=1S/C22H24N2O3/c1-5-24(6-2)16-8-7-15-11-18(22(26)27-20(15)12-16)21(25)17-9-10-19(23)14(4)13(17)3/h7-12H,5-6,23H2,1-4H3. The van der Waals surface area contributed by atoms with Crippen LogP contribution >= 0.6 is 0 Å². The summed E-state index contributed by atoms with van der Waals surface area (Å²) in [5.74, 6) is -0.348. The van der Waals surface area contributed by atoms with Crippen LogP contribution in [-0.2, 0) is 0 Å². The Bertz CT molecular complexity index is 1080. The molecule has 5 nitrogen and oxygen atoms in total. The first-order chi connectivity index (χ1) is 12.9. The van der Waals surface area contributed by atoms with Crippen LogP contribution in [0.5, 0.6) is 0 Å². The minimum absolute atomic E-state index is 0.0327. The van der Waals surface area contributed by atoms with E-state index in [2.05, 4.69) is 18.7 Å². The van der Waals surface area contributed by atoms with E-state index in [1.807, 2.05) is 32.0 Å². The monoisotopic (exact) mass is 364 g/mol. The zero-order chi connectivity index (χ0) is 19.7. The van der Waals surface area contributed by atoms with Gasteiger partial charge in [0.25, 0.3) is 0 Å². The van der Waals surface area contributed by atoms with Crippen LogP contribution in [0.4, 0.5) is 11.4 Å². The second-order valence-corrected chi connectivity index (χ2v) is 6.62. The fourth-order valence-electron chi connectivity index (χ4n) is 3.28. The van der Waals surface area contributed by atoms with Crippen LogP contribution in [0, 0.1) is 13.8 Å². The fourth-order valence-corrected chi connectivity index (χ4v) is 3.28. The van der Waals surface area contributed by atoms with Crippen LogP contribution in [0.3, 0.4) is 0 Å². The lowest BCUT2D eigenvalue weighted by molar-refractivity contribution is 0.103. The van der Waals surface area contributed by atoms with Crippen molar-refractivity contribution in [3.8, 4) is 0 Å². The smallest absolute Gasteiger partial charge is 0.347 e. The number of nitrogens with zero attached hydrogens (tertiary/aromatic N) is 1. The maximum absolute atomic E-state index is 13.0. The van der Waals surface area contributed by atoms with Crippen molar-refractivity contribution in [1.29, 1.82) is 0 Å². The second kappa shape index (κ2) is 7.27. The number of hydrogen-bond donors (Lipinski definition) is 1. The molecule has 140 valence electrons. The molecular weight excluding hydrogens is 340 g/mol. The molecule has 0 bridgehead atoms. The van der Waals surface area contributed by atoms with Gasteiger partial charge in [-0.25, -0.2) is 4.79 Å². The first kappa shape index (κ1) is 18.7. The summed E-state index contributed by atoms with van der Waals surface area (Å²) in [5.41, 5.74) is 9.47. The molecule has 27 heavy (non-hydrogen) atoms. The predicted octanol–water partition coefficient (Wildman–Crippen LogP) is 4.07. The number of ketones is 1. The number of carbonyl (C=O) groups is 1. The number of nitrogen functional groups attached to an aromatic ring is 1. The normalized spacial score (nSPS) is 11.0. The Morgan fingerprint density at radius 1 is 1.00 bits per heavy atom. The van der Waals surface area contributed by atoms with Crippen LogP contribution < -0.4 is 16.3 Å². The molecule has 5 heteroatoms. The van der Waals surface area contributed by atoms with Gasteiger partial charge in [0.2, 0.25) is 5.78 Å². The van der Waals surface area contributed by atoms with Gasteiger partial charge in [0.1, 0.15) is 11.1 Å². The van der Waals surface area contributed by atoms with Gasteiger partial charge in [-0.1, -0.05) is 0 Å². The highest BCUT2D eigenvalue weighted by molar-refractivity contribution is 6.11. The van der Waals surface area contributed by atoms with Crippen LogP contribution in [-0.4, -0.2) is 18.9 Å². The van der Waals surface area contributed by atoms with Gasteiger partial charge < -0.3 is 15.1 Å². The van der Waals surface area contributed by atoms with E-state index in [9.17, 15) is 9.59 Å². The topological polar surface area (TPSA) is 76.5 Å². The Balaban J connectivity index is 2.09. The van der Waals surface area contributed by atoms with E-state index in [1.165, 1.54) is 0 Å². The molecule has 2 aromatic carbocycles. The Kier molecular flexibility index (Phi) is 5.04. The first-order valence-electron chi connectivity index (χ1n) is 9.10. The number of carbonyl (C=O) groups excluding carboxylic acids is 1. The average Bonchev–Trinajstić information content (AvgIpc) is 2.66. The lowest BCUT2D eigenvalue weighted by atomic mass is 9.95. The molecular formula is C22H24N2O3. The molecule has 0 atom stereocenters. The van der Waals surface area contributed by atoms with E-state index < -0.39 is 5.63 Å². The number of fused-ring (bicyclic) bond motifs is 1. The summed E-state index contributed by atoms with van der Waals surface area (Å²) in [6.07, 6.45) is 0. The minimum Gasteiger partial charge on any atom is -0.422 e. The molecule has 0 amide bonds. The van der Waals surface area contributed by atoms with Crippen molar-refractivity contribution in [2.75, 3.05) is 23.7 Å². The molecule has 3 aromatic rings. The van der Waals surface area contributed by atoms with E-state index >= 15 is 0 Å². The third-order valence-electron chi connectivity index (χ3n) is 5.17. The average molecular weight is 364 g/mol. The number of benzene rings is 2. The zero-order valence-corrected chi connectivity index (χ0v) is 16.1.